The summed E-state index contributed by atoms with van der Waals surface area (Å²) >= 11 is 0. The van der Waals surface area contributed by atoms with E-state index < -0.39 is 0 Å². The van der Waals surface area contributed by atoms with Crippen molar-refractivity contribution in [2.45, 2.75) is 57.9 Å². The molecule has 2 aromatic rings. The van der Waals surface area contributed by atoms with E-state index in [0.29, 0.717) is 24.2 Å². The van der Waals surface area contributed by atoms with Crippen LogP contribution in [0, 0.1) is 0 Å². The van der Waals surface area contributed by atoms with Crippen molar-refractivity contribution in [1.82, 2.24) is 30.5 Å². The van der Waals surface area contributed by atoms with Gasteiger partial charge in [-0.15, -0.1) is 10.2 Å². The lowest BCUT2D eigenvalue weighted by molar-refractivity contribution is 0.197. The molecule has 130 valence electrons. The van der Waals surface area contributed by atoms with Gasteiger partial charge in [0.1, 0.15) is 12.2 Å². The molecule has 1 aromatic heterocycles. The quantitative estimate of drug-likeness (QED) is 0.852. The van der Waals surface area contributed by atoms with Crippen molar-refractivity contribution in [1.29, 1.82) is 0 Å². The van der Waals surface area contributed by atoms with E-state index in [0.717, 1.165) is 18.8 Å². The van der Waals surface area contributed by atoms with Gasteiger partial charge in [-0.3, -0.25) is 10.3 Å². The largest absolute Gasteiger partial charge is 0.314 e. The maximum atomic E-state index is 4.28. The van der Waals surface area contributed by atoms with E-state index in [4.69, 9.17) is 0 Å². The van der Waals surface area contributed by atoms with E-state index in [1.807, 2.05) is 6.33 Å². The first-order chi connectivity index (χ1) is 11.6. The van der Waals surface area contributed by atoms with Crippen LogP contribution < -0.4 is 10.9 Å². The molecule has 0 amide bonds. The Kier molecular flexibility index (Phi) is 5.28. The van der Waals surface area contributed by atoms with E-state index in [-0.39, 0.29) is 0 Å². The maximum absolute atomic E-state index is 4.28. The summed E-state index contributed by atoms with van der Waals surface area (Å²) < 4.78 is 2.14. The molecule has 0 bridgehead atoms. The lowest BCUT2D eigenvalue weighted by Gasteiger charge is -2.29. The highest BCUT2D eigenvalue weighted by Gasteiger charge is 2.31. The van der Waals surface area contributed by atoms with Crippen LogP contribution in [0.1, 0.15) is 50.7 Å². The number of aromatic nitrogens is 3. The molecule has 0 saturated carbocycles. The molecule has 2 heterocycles. The van der Waals surface area contributed by atoms with E-state index >= 15 is 0 Å². The number of hydrazine groups is 1. The van der Waals surface area contributed by atoms with Gasteiger partial charge >= 0.3 is 0 Å². The number of rotatable bonds is 6. The minimum atomic E-state index is 0.367. The predicted molar refractivity (Wildman–Crippen MR) is 95.2 cm³/mol. The van der Waals surface area contributed by atoms with Crippen molar-refractivity contribution >= 4 is 0 Å². The molecular formula is C18H28N6. The molecular weight excluding hydrogens is 300 g/mol. The van der Waals surface area contributed by atoms with Crippen LogP contribution in [-0.2, 0) is 6.54 Å². The second-order valence-corrected chi connectivity index (χ2v) is 7.00. The number of nitrogens with zero attached hydrogens (tertiary/aromatic N) is 4. The first kappa shape index (κ1) is 17.1. The predicted octanol–water partition coefficient (Wildman–Crippen LogP) is 2.29. The molecule has 1 aromatic carbocycles. The van der Waals surface area contributed by atoms with Gasteiger partial charge in [-0.05, 0) is 39.8 Å². The molecule has 0 aliphatic carbocycles. The highest BCUT2D eigenvalue weighted by atomic mass is 15.4. The fourth-order valence-electron chi connectivity index (χ4n) is 3.29. The Balaban J connectivity index is 1.60. The van der Waals surface area contributed by atoms with E-state index in [2.05, 4.69) is 88.7 Å². The van der Waals surface area contributed by atoms with Gasteiger partial charge in [0.15, 0.2) is 0 Å². The number of hydrogen-bond donors (Lipinski definition) is 2. The van der Waals surface area contributed by atoms with Gasteiger partial charge in [0.25, 0.3) is 0 Å². The van der Waals surface area contributed by atoms with Crippen LogP contribution in [0.4, 0.5) is 0 Å². The standard InChI is InChI=1S/C18H28N6/c1-13(2)24-12-19-22-18(24)11-23(4)14(3)16-10-17(21-20-16)15-8-6-5-7-9-15/h5-9,12-14,16-17,20-21H,10-11H2,1-4H3. The van der Waals surface area contributed by atoms with Crippen LogP contribution in [0.2, 0.25) is 0 Å². The second kappa shape index (κ2) is 7.42. The summed E-state index contributed by atoms with van der Waals surface area (Å²) in [5.41, 5.74) is 8.24. The molecule has 0 radical (unpaired) electrons. The summed E-state index contributed by atoms with van der Waals surface area (Å²) in [5.74, 6) is 1.02. The summed E-state index contributed by atoms with van der Waals surface area (Å²) in [6, 6.07) is 12.2. The van der Waals surface area contributed by atoms with Gasteiger partial charge in [0, 0.05) is 24.2 Å². The van der Waals surface area contributed by atoms with Crippen LogP contribution in [-0.4, -0.2) is 38.8 Å². The average Bonchev–Trinajstić information content (AvgIpc) is 3.24. The van der Waals surface area contributed by atoms with E-state index in [1.54, 1.807) is 0 Å². The zero-order valence-corrected chi connectivity index (χ0v) is 15.0. The van der Waals surface area contributed by atoms with E-state index in [9.17, 15) is 0 Å². The van der Waals surface area contributed by atoms with Crippen molar-refractivity contribution in [3.8, 4) is 0 Å². The normalized spacial score (nSPS) is 22.4. The molecule has 1 aliphatic rings. The third-order valence-corrected chi connectivity index (χ3v) is 5.01. The lowest BCUT2D eigenvalue weighted by Crippen LogP contribution is -2.46. The summed E-state index contributed by atoms with van der Waals surface area (Å²) in [5, 5.41) is 8.35. The minimum Gasteiger partial charge on any atom is -0.314 e. The molecule has 6 heteroatoms. The average molecular weight is 328 g/mol. The minimum absolute atomic E-state index is 0.367. The fraction of sp³-hybridized carbons (Fsp3) is 0.556. The third-order valence-electron chi connectivity index (χ3n) is 5.01. The number of hydrogen-bond acceptors (Lipinski definition) is 5. The van der Waals surface area contributed by atoms with Crippen LogP contribution in [0.25, 0.3) is 0 Å². The van der Waals surface area contributed by atoms with Crippen molar-refractivity contribution in [3.63, 3.8) is 0 Å². The Morgan fingerprint density at radius 1 is 1.21 bits per heavy atom. The Hall–Kier alpha value is -1.76. The van der Waals surface area contributed by atoms with Gasteiger partial charge < -0.3 is 4.57 Å². The molecule has 1 fully saturated rings. The highest BCUT2D eigenvalue weighted by Crippen LogP contribution is 2.25. The zero-order valence-electron chi connectivity index (χ0n) is 15.0. The maximum Gasteiger partial charge on any atom is 0.147 e. The molecule has 3 unspecified atom stereocenters. The van der Waals surface area contributed by atoms with Gasteiger partial charge in [-0.25, -0.2) is 5.43 Å². The fourth-order valence-corrected chi connectivity index (χ4v) is 3.29. The molecule has 24 heavy (non-hydrogen) atoms. The van der Waals surface area contributed by atoms with Gasteiger partial charge in [-0.2, -0.15) is 0 Å². The topological polar surface area (TPSA) is 58.0 Å². The van der Waals surface area contributed by atoms with Gasteiger partial charge in [0.2, 0.25) is 0 Å². The summed E-state index contributed by atoms with van der Waals surface area (Å²) in [6.45, 7) is 7.38. The molecule has 0 spiro atoms. The SMILES string of the molecule is CC(C1CC(c2ccccc2)NN1)N(C)Cc1nncn1C(C)C. The molecule has 3 atom stereocenters. The summed E-state index contributed by atoms with van der Waals surface area (Å²) in [6.07, 6.45) is 2.89. The Labute approximate surface area is 144 Å². The van der Waals surface area contributed by atoms with Crippen molar-refractivity contribution in [2.24, 2.45) is 0 Å². The van der Waals surface area contributed by atoms with Gasteiger partial charge in [0.05, 0.1) is 6.54 Å². The van der Waals surface area contributed by atoms with Gasteiger partial charge in [-0.1, -0.05) is 30.3 Å². The van der Waals surface area contributed by atoms with Crippen LogP contribution >= 0.6 is 0 Å². The Bertz CT molecular complexity index is 638. The first-order valence-electron chi connectivity index (χ1n) is 8.71. The van der Waals surface area contributed by atoms with Crippen molar-refractivity contribution in [2.75, 3.05) is 7.05 Å². The molecule has 2 N–H and O–H groups in total. The molecule has 3 rings (SSSR count). The van der Waals surface area contributed by atoms with E-state index in [1.165, 1.54) is 5.56 Å². The first-order valence-corrected chi connectivity index (χ1v) is 8.71. The van der Waals surface area contributed by atoms with Crippen LogP contribution in [0.5, 0.6) is 0 Å². The van der Waals surface area contributed by atoms with Crippen LogP contribution in [0.15, 0.2) is 36.7 Å². The number of nitrogens with one attached hydrogen (secondary N) is 2. The van der Waals surface area contributed by atoms with Crippen LogP contribution in [0.3, 0.4) is 0 Å². The molecule has 1 aliphatic heterocycles. The number of likely N-dealkylation sites (N-methyl/N-ethyl adjacent to an activating group) is 1. The summed E-state index contributed by atoms with van der Waals surface area (Å²) in [7, 11) is 2.15. The highest BCUT2D eigenvalue weighted by molar-refractivity contribution is 5.20. The number of benzene rings is 1. The summed E-state index contributed by atoms with van der Waals surface area (Å²) in [4.78, 5) is 2.34. The zero-order chi connectivity index (χ0) is 17.1. The molecule has 1 saturated heterocycles. The van der Waals surface area contributed by atoms with Crippen molar-refractivity contribution < 1.29 is 0 Å². The Morgan fingerprint density at radius 2 is 1.96 bits per heavy atom. The monoisotopic (exact) mass is 328 g/mol. The smallest absolute Gasteiger partial charge is 0.147 e. The third kappa shape index (κ3) is 3.66. The second-order valence-electron chi connectivity index (χ2n) is 7.00. The van der Waals surface area contributed by atoms with Crippen molar-refractivity contribution in [3.05, 3.63) is 48.0 Å². The lowest BCUT2D eigenvalue weighted by atomic mass is 9.98. The molecule has 6 nitrogen and oxygen atoms in total. The Morgan fingerprint density at radius 3 is 2.67 bits per heavy atom.